The van der Waals surface area contributed by atoms with Crippen LogP contribution >= 0.6 is 11.3 Å². The maximum absolute atomic E-state index is 12.5. The summed E-state index contributed by atoms with van der Waals surface area (Å²) < 4.78 is 0. The van der Waals surface area contributed by atoms with Crippen molar-refractivity contribution in [2.24, 2.45) is 0 Å². The zero-order valence-electron chi connectivity index (χ0n) is 14.3. The molecule has 1 aromatic carbocycles. The summed E-state index contributed by atoms with van der Waals surface area (Å²) in [5.74, 6) is -0.642. The van der Waals surface area contributed by atoms with Crippen LogP contribution in [0, 0.1) is 0 Å². The van der Waals surface area contributed by atoms with Crippen LogP contribution < -0.4 is 15.1 Å². The quantitative estimate of drug-likeness (QED) is 0.244. The summed E-state index contributed by atoms with van der Waals surface area (Å²) in [6, 6.07) is 6.86. The zero-order valence-corrected chi connectivity index (χ0v) is 15.1. The molecule has 28 heavy (non-hydrogen) atoms. The zero-order chi connectivity index (χ0) is 20.1. The summed E-state index contributed by atoms with van der Waals surface area (Å²) in [6.07, 6.45) is 1.49. The maximum atomic E-state index is 12.5. The van der Waals surface area contributed by atoms with E-state index in [-0.39, 0.29) is 30.4 Å². The smallest absolute Gasteiger partial charge is 0.268 e. The first-order valence-electron chi connectivity index (χ1n) is 8.03. The van der Waals surface area contributed by atoms with Crippen molar-refractivity contribution in [3.63, 3.8) is 0 Å². The molecule has 1 amide bonds. The lowest BCUT2D eigenvalue weighted by atomic mass is 10.1. The fraction of sp³-hybridized carbons (Fsp3) is 0.176. The highest BCUT2D eigenvalue weighted by Gasteiger charge is 2.19. The molecule has 0 saturated heterocycles. The van der Waals surface area contributed by atoms with Gasteiger partial charge in [0.05, 0.1) is 18.1 Å². The van der Waals surface area contributed by atoms with E-state index >= 15 is 0 Å². The van der Waals surface area contributed by atoms with Gasteiger partial charge in [0.25, 0.3) is 5.91 Å². The molecule has 6 N–H and O–H groups in total. The van der Waals surface area contributed by atoms with Gasteiger partial charge in [-0.3, -0.25) is 4.79 Å². The highest BCUT2D eigenvalue weighted by atomic mass is 32.1. The molecule has 148 valence electrons. The number of amides is 1. The average Bonchev–Trinajstić information content (AvgIpc) is 3.41. The van der Waals surface area contributed by atoms with E-state index in [0.29, 0.717) is 21.1 Å². The van der Waals surface area contributed by atoms with Crippen molar-refractivity contribution in [1.82, 2.24) is 15.3 Å². The van der Waals surface area contributed by atoms with E-state index in [1.165, 1.54) is 29.7 Å². The van der Waals surface area contributed by atoms with E-state index in [1.807, 2.05) is 0 Å². The molecule has 0 spiro atoms. The molecule has 0 aliphatic carbocycles. The SMILES string of the molecule is O=C(NC(CO)c1ncc(CO)s1)c1ccc(-c2ccc(OO)c(OO)c2)[nH]1. The van der Waals surface area contributed by atoms with E-state index < -0.39 is 11.9 Å². The third-order valence-electron chi connectivity index (χ3n) is 3.90. The third-order valence-corrected chi connectivity index (χ3v) is 4.99. The molecule has 0 fully saturated rings. The van der Waals surface area contributed by atoms with E-state index in [0.717, 1.165) is 0 Å². The van der Waals surface area contributed by atoms with Crippen LogP contribution in [0.1, 0.15) is 26.4 Å². The van der Waals surface area contributed by atoms with Crippen LogP contribution in [-0.4, -0.2) is 43.2 Å². The first-order valence-corrected chi connectivity index (χ1v) is 8.84. The second-order valence-corrected chi connectivity index (χ2v) is 6.81. The minimum absolute atomic E-state index is 0.0766. The van der Waals surface area contributed by atoms with Crippen molar-refractivity contribution in [3.8, 4) is 22.8 Å². The maximum Gasteiger partial charge on any atom is 0.268 e. The molecular weight excluding hydrogens is 390 g/mol. The summed E-state index contributed by atoms with van der Waals surface area (Å²) in [6.45, 7) is -0.513. The Morgan fingerprint density at radius 1 is 1.18 bits per heavy atom. The minimum Gasteiger partial charge on any atom is -0.394 e. The Balaban J connectivity index is 1.76. The van der Waals surface area contributed by atoms with E-state index in [4.69, 9.17) is 15.6 Å². The lowest BCUT2D eigenvalue weighted by Gasteiger charge is -2.13. The third kappa shape index (κ3) is 4.13. The lowest BCUT2D eigenvalue weighted by molar-refractivity contribution is -0.164. The number of aromatic nitrogens is 2. The molecular formula is C17H17N3O7S. The number of hydrogen-bond acceptors (Lipinski definition) is 9. The first-order chi connectivity index (χ1) is 13.6. The van der Waals surface area contributed by atoms with Gasteiger partial charge in [-0.25, -0.2) is 15.5 Å². The van der Waals surface area contributed by atoms with Crippen LogP contribution in [0.3, 0.4) is 0 Å². The van der Waals surface area contributed by atoms with Gasteiger partial charge in [0.2, 0.25) is 11.5 Å². The number of thiazole rings is 1. The molecule has 10 nitrogen and oxygen atoms in total. The molecule has 0 bridgehead atoms. The Kier molecular flexibility index (Phi) is 6.23. The van der Waals surface area contributed by atoms with E-state index in [9.17, 15) is 9.90 Å². The standard InChI is InChI=1S/C17H17N3O7S/c21-7-10-6-18-17(28-10)13(8-22)20-16(23)12-3-2-11(19-12)9-1-4-14(26-24)15(5-9)27-25/h1-6,13,19,21-22,24-25H,7-8H2,(H,20,23). The van der Waals surface area contributed by atoms with Gasteiger partial charge in [0, 0.05) is 17.5 Å². The molecule has 2 heterocycles. The van der Waals surface area contributed by atoms with Gasteiger partial charge in [0.15, 0.2) is 0 Å². The molecule has 1 atom stereocenters. The number of aliphatic hydroxyl groups excluding tert-OH is 2. The van der Waals surface area contributed by atoms with Crippen LogP contribution in [0.15, 0.2) is 36.5 Å². The molecule has 3 aromatic rings. The van der Waals surface area contributed by atoms with Gasteiger partial charge in [-0.15, -0.1) is 11.3 Å². The summed E-state index contributed by atoms with van der Waals surface area (Å²) >= 11 is 1.20. The number of rotatable bonds is 8. The van der Waals surface area contributed by atoms with Gasteiger partial charge in [0.1, 0.15) is 16.7 Å². The van der Waals surface area contributed by atoms with Gasteiger partial charge in [-0.1, -0.05) is 0 Å². The average molecular weight is 407 g/mol. The van der Waals surface area contributed by atoms with E-state index in [1.54, 1.807) is 18.2 Å². The fourth-order valence-electron chi connectivity index (χ4n) is 2.50. The van der Waals surface area contributed by atoms with Crippen LogP contribution in [0.25, 0.3) is 11.3 Å². The monoisotopic (exact) mass is 407 g/mol. The fourth-order valence-corrected chi connectivity index (χ4v) is 3.32. The van der Waals surface area contributed by atoms with Crippen molar-refractivity contribution in [1.29, 1.82) is 0 Å². The predicted octanol–water partition coefficient (Wildman–Crippen LogP) is 1.80. The molecule has 3 rings (SSSR count). The Hall–Kier alpha value is -2.96. The van der Waals surface area contributed by atoms with Gasteiger partial charge in [-0.05, 0) is 30.3 Å². The van der Waals surface area contributed by atoms with Gasteiger partial charge >= 0.3 is 0 Å². The van der Waals surface area contributed by atoms with Crippen molar-refractivity contribution in [2.75, 3.05) is 6.61 Å². The second kappa shape index (κ2) is 8.82. The van der Waals surface area contributed by atoms with Gasteiger partial charge in [-0.2, -0.15) is 0 Å². The molecule has 11 heteroatoms. The molecule has 0 radical (unpaired) electrons. The largest absolute Gasteiger partial charge is 0.394 e. The summed E-state index contributed by atoms with van der Waals surface area (Å²) in [5.41, 5.74) is 1.35. The molecule has 0 aliphatic rings. The highest BCUT2D eigenvalue weighted by Crippen LogP contribution is 2.32. The van der Waals surface area contributed by atoms with Crippen molar-refractivity contribution in [3.05, 3.63) is 52.1 Å². The minimum atomic E-state index is -0.708. The molecule has 0 saturated carbocycles. The van der Waals surface area contributed by atoms with Crippen LogP contribution in [0.2, 0.25) is 0 Å². The number of nitrogens with zero attached hydrogens (tertiary/aromatic N) is 1. The number of nitrogens with one attached hydrogen (secondary N) is 2. The molecule has 0 aliphatic heterocycles. The summed E-state index contributed by atoms with van der Waals surface area (Å²) in [4.78, 5) is 28.4. The summed E-state index contributed by atoms with van der Waals surface area (Å²) in [5, 5.41) is 39.4. The second-order valence-electron chi connectivity index (χ2n) is 5.66. The van der Waals surface area contributed by atoms with Crippen LogP contribution in [0.4, 0.5) is 0 Å². The number of aliphatic hydroxyl groups is 2. The Morgan fingerprint density at radius 3 is 2.61 bits per heavy atom. The first kappa shape index (κ1) is 19.8. The van der Waals surface area contributed by atoms with Crippen molar-refractivity contribution >= 4 is 17.2 Å². The predicted molar refractivity (Wildman–Crippen MR) is 98.1 cm³/mol. The van der Waals surface area contributed by atoms with Crippen molar-refractivity contribution in [2.45, 2.75) is 12.6 Å². The Morgan fingerprint density at radius 2 is 1.96 bits per heavy atom. The van der Waals surface area contributed by atoms with Crippen LogP contribution in [-0.2, 0) is 6.61 Å². The normalized spacial score (nSPS) is 11.9. The molecule has 2 aromatic heterocycles. The lowest BCUT2D eigenvalue weighted by Crippen LogP contribution is -2.30. The summed E-state index contributed by atoms with van der Waals surface area (Å²) in [7, 11) is 0. The van der Waals surface area contributed by atoms with Gasteiger partial charge < -0.3 is 30.3 Å². The van der Waals surface area contributed by atoms with Crippen LogP contribution in [0.5, 0.6) is 11.5 Å². The number of aromatic amines is 1. The topological polar surface area (TPSA) is 157 Å². The number of carbonyl (C=O) groups is 1. The number of carbonyl (C=O) groups excluding carboxylic acids is 1. The number of hydrogen-bond donors (Lipinski definition) is 6. The Bertz CT molecular complexity index is 956. The highest BCUT2D eigenvalue weighted by molar-refractivity contribution is 7.11. The number of benzene rings is 1. The number of H-pyrrole nitrogens is 1. The van der Waals surface area contributed by atoms with E-state index in [2.05, 4.69) is 25.1 Å². The van der Waals surface area contributed by atoms with Crippen molar-refractivity contribution < 1.29 is 35.3 Å². The Labute approximate surface area is 162 Å². The molecule has 1 unspecified atom stereocenters.